The molecule has 0 fully saturated rings. The lowest BCUT2D eigenvalue weighted by atomic mass is 10.1. The number of pyridine rings is 1. The molecule has 9 heteroatoms. The number of nitrogens with one attached hydrogen (secondary N) is 2. The van der Waals surface area contributed by atoms with Gasteiger partial charge in [-0.3, -0.25) is 15.0 Å². The van der Waals surface area contributed by atoms with Crippen LogP contribution in [0.3, 0.4) is 0 Å². The number of carbonyl (C=O) groups is 2. The first kappa shape index (κ1) is 25.2. The van der Waals surface area contributed by atoms with E-state index in [4.69, 9.17) is 4.74 Å². The molecule has 0 saturated heterocycles. The van der Waals surface area contributed by atoms with Crippen molar-refractivity contribution in [2.24, 2.45) is 4.99 Å². The van der Waals surface area contributed by atoms with Gasteiger partial charge in [-0.25, -0.2) is 14.8 Å². The summed E-state index contributed by atoms with van der Waals surface area (Å²) in [5.41, 5.74) is 2.58. The molecular formula is C26H30N6O3. The number of benzene rings is 2. The number of hydrogen-bond acceptors (Lipinski definition) is 6. The van der Waals surface area contributed by atoms with E-state index >= 15 is 0 Å². The minimum absolute atomic E-state index is 0.132. The standard InChI is InChI=1S/C26H30N6O3/c1-5-31(4)26(34)30-25(32(18-33)17-20-8-6-19(2)7-9-20)29-21-10-12-22(13-11-21)35-23-14-15-28-24(16-23)27-3/h6-16,18H,5,17H2,1-4H3,(H,27,28)(H,29,30,34). The largest absolute Gasteiger partial charge is 0.457 e. The number of guanidine groups is 1. The number of aliphatic imine (C=N–C) groups is 1. The van der Waals surface area contributed by atoms with Gasteiger partial charge in [-0.2, -0.15) is 0 Å². The Bertz CT molecular complexity index is 1160. The van der Waals surface area contributed by atoms with Gasteiger partial charge in [-0.05, 0) is 49.7 Å². The average molecular weight is 475 g/mol. The number of anilines is 1. The Balaban J connectivity index is 1.84. The summed E-state index contributed by atoms with van der Waals surface area (Å²) < 4.78 is 5.88. The van der Waals surface area contributed by atoms with Crippen LogP contribution < -0.4 is 15.4 Å². The van der Waals surface area contributed by atoms with Gasteiger partial charge in [0.25, 0.3) is 0 Å². The van der Waals surface area contributed by atoms with E-state index in [1.54, 1.807) is 56.7 Å². The van der Waals surface area contributed by atoms with Crippen LogP contribution >= 0.6 is 0 Å². The van der Waals surface area contributed by atoms with Crippen LogP contribution in [0, 0.1) is 6.92 Å². The van der Waals surface area contributed by atoms with Crippen LogP contribution in [0.5, 0.6) is 11.5 Å². The zero-order chi connectivity index (χ0) is 25.2. The Kier molecular flexibility index (Phi) is 8.77. The second-order valence-electron chi connectivity index (χ2n) is 7.82. The number of hydrogen-bond donors (Lipinski definition) is 2. The minimum Gasteiger partial charge on any atom is -0.457 e. The number of urea groups is 1. The number of aromatic nitrogens is 1. The van der Waals surface area contributed by atoms with E-state index in [1.807, 2.05) is 38.1 Å². The summed E-state index contributed by atoms with van der Waals surface area (Å²) in [7, 11) is 3.46. The second kappa shape index (κ2) is 12.2. The third kappa shape index (κ3) is 7.29. The molecular weight excluding hydrogens is 444 g/mol. The third-order valence-corrected chi connectivity index (χ3v) is 5.21. The first-order valence-electron chi connectivity index (χ1n) is 11.2. The molecule has 0 spiro atoms. The molecule has 0 bridgehead atoms. The first-order valence-corrected chi connectivity index (χ1v) is 11.2. The summed E-state index contributed by atoms with van der Waals surface area (Å²) in [4.78, 5) is 36.1. The fraction of sp³-hybridized carbons (Fsp3) is 0.231. The van der Waals surface area contributed by atoms with Crippen molar-refractivity contribution in [3.63, 3.8) is 0 Å². The van der Waals surface area contributed by atoms with Gasteiger partial charge in [0, 0.05) is 32.9 Å². The van der Waals surface area contributed by atoms with Crippen molar-refractivity contribution in [1.82, 2.24) is 20.1 Å². The molecule has 0 unspecified atom stereocenters. The predicted octanol–water partition coefficient (Wildman–Crippen LogP) is 4.53. The Morgan fingerprint density at radius 2 is 1.80 bits per heavy atom. The van der Waals surface area contributed by atoms with Crippen LogP contribution in [0.1, 0.15) is 18.1 Å². The number of carbonyl (C=O) groups excluding carboxylic acids is 2. The normalized spacial score (nSPS) is 10.9. The van der Waals surface area contributed by atoms with Gasteiger partial charge in [-0.15, -0.1) is 0 Å². The molecule has 3 rings (SSSR count). The van der Waals surface area contributed by atoms with Crippen molar-refractivity contribution in [2.45, 2.75) is 20.4 Å². The first-order chi connectivity index (χ1) is 16.9. The van der Waals surface area contributed by atoms with Crippen molar-refractivity contribution in [2.75, 3.05) is 26.0 Å². The maximum absolute atomic E-state index is 12.6. The fourth-order valence-corrected chi connectivity index (χ4v) is 3.01. The topological polar surface area (TPSA) is 99.2 Å². The van der Waals surface area contributed by atoms with E-state index in [9.17, 15) is 9.59 Å². The molecule has 182 valence electrons. The average Bonchev–Trinajstić information content (AvgIpc) is 2.88. The van der Waals surface area contributed by atoms with E-state index in [-0.39, 0.29) is 18.5 Å². The maximum atomic E-state index is 12.6. The van der Waals surface area contributed by atoms with Gasteiger partial charge in [0.05, 0.1) is 12.2 Å². The SMILES string of the molecule is CCN(C)C(=O)NC(=Nc1ccc(Oc2ccnc(NC)c2)cc1)N(C=O)Cc1ccc(C)cc1. The van der Waals surface area contributed by atoms with Crippen LogP contribution in [0.25, 0.3) is 0 Å². The number of aryl methyl sites for hydroxylation is 1. The molecule has 3 aromatic rings. The lowest BCUT2D eigenvalue weighted by Gasteiger charge is -2.23. The zero-order valence-electron chi connectivity index (χ0n) is 20.4. The highest BCUT2D eigenvalue weighted by Crippen LogP contribution is 2.25. The smallest absolute Gasteiger partial charge is 0.323 e. The molecule has 1 heterocycles. The molecule has 1 aromatic heterocycles. The molecule has 0 radical (unpaired) electrons. The van der Waals surface area contributed by atoms with Crippen molar-refractivity contribution in [1.29, 1.82) is 0 Å². The summed E-state index contributed by atoms with van der Waals surface area (Å²) >= 11 is 0. The van der Waals surface area contributed by atoms with Crippen LogP contribution in [-0.4, -0.2) is 53.8 Å². The van der Waals surface area contributed by atoms with Gasteiger partial charge in [0.15, 0.2) is 0 Å². The van der Waals surface area contributed by atoms with Crippen LogP contribution in [0.4, 0.5) is 16.3 Å². The number of amides is 3. The lowest BCUT2D eigenvalue weighted by Crippen LogP contribution is -2.47. The highest BCUT2D eigenvalue weighted by Gasteiger charge is 2.17. The minimum atomic E-state index is -0.361. The summed E-state index contributed by atoms with van der Waals surface area (Å²) in [6, 6.07) is 18.0. The molecule has 3 amide bonds. The Morgan fingerprint density at radius 1 is 1.09 bits per heavy atom. The van der Waals surface area contributed by atoms with E-state index in [1.165, 1.54) is 9.80 Å². The summed E-state index contributed by atoms with van der Waals surface area (Å²) in [5, 5.41) is 5.72. The Morgan fingerprint density at radius 3 is 2.43 bits per heavy atom. The van der Waals surface area contributed by atoms with E-state index < -0.39 is 0 Å². The van der Waals surface area contributed by atoms with Crippen LogP contribution in [-0.2, 0) is 11.3 Å². The molecule has 0 aliphatic rings. The highest BCUT2D eigenvalue weighted by molar-refractivity contribution is 6.01. The van der Waals surface area contributed by atoms with Crippen molar-refractivity contribution in [3.8, 4) is 11.5 Å². The van der Waals surface area contributed by atoms with Crippen molar-refractivity contribution in [3.05, 3.63) is 78.0 Å². The zero-order valence-corrected chi connectivity index (χ0v) is 20.4. The van der Waals surface area contributed by atoms with Crippen LogP contribution in [0.2, 0.25) is 0 Å². The maximum Gasteiger partial charge on any atom is 0.323 e. The van der Waals surface area contributed by atoms with Crippen molar-refractivity contribution >= 4 is 29.9 Å². The second-order valence-corrected chi connectivity index (χ2v) is 7.82. The van der Waals surface area contributed by atoms with Gasteiger partial charge in [0.2, 0.25) is 12.4 Å². The summed E-state index contributed by atoms with van der Waals surface area (Å²) in [5.74, 6) is 2.08. The van der Waals surface area contributed by atoms with Gasteiger partial charge in [-0.1, -0.05) is 29.8 Å². The van der Waals surface area contributed by atoms with Crippen LogP contribution in [0.15, 0.2) is 71.9 Å². The molecule has 0 saturated carbocycles. The van der Waals surface area contributed by atoms with E-state index in [0.717, 1.165) is 11.1 Å². The van der Waals surface area contributed by atoms with Crippen molar-refractivity contribution < 1.29 is 14.3 Å². The molecule has 35 heavy (non-hydrogen) atoms. The third-order valence-electron chi connectivity index (χ3n) is 5.21. The Labute approximate surface area is 205 Å². The number of ether oxygens (including phenoxy) is 1. The number of rotatable bonds is 8. The summed E-state index contributed by atoms with van der Waals surface area (Å²) in [6.07, 6.45) is 2.31. The fourth-order valence-electron chi connectivity index (χ4n) is 3.01. The predicted molar refractivity (Wildman–Crippen MR) is 137 cm³/mol. The molecule has 9 nitrogen and oxygen atoms in total. The van der Waals surface area contributed by atoms with E-state index in [2.05, 4.69) is 20.6 Å². The van der Waals surface area contributed by atoms with Gasteiger partial charge in [0.1, 0.15) is 17.3 Å². The molecule has 2 aromatic carbocycles. The monoisotopic (exact) mass is 474 g/mol. The summed E-state index contributed by atoms with van der Waals surface area (Å²) in [6.45, 7) is 4.63. The van der Waals surface area contributed by atoms with Gasteiger partial charge >= 0.3 is 6.03 Å². The molecule has 2 N–H and O–H groups in total. The molecule has 0 aliphatic heterocycles. The van der Waals surface area contributed by atoms with E-state index in [0.29, 0.717) is 36.0 Å². The highest BCUT2D eigenvalue weighted by atomic mass is 16.5. The van der Waals surface area contributed by atoms with Gasteiger partial charge < -0.3 is 15.0 Å². The quantitative estimate of drug-likeness (QED) is 0.284. The lowest BCUT2D eigenvalue weighted by molar-refractivity contribution is -0.115. The molecule has 0 aliphatic carbocycles. The Hall–Kier alpha value is -4.40. The molecule has 0 atom stereocenters. The number of nitrogens with zero attached hydrogens (tertiary/aromatic N) is 4.